The first kappa shape index (κ1) is 119. The molecule has 3 aromatic carbocycles. The molecule has 0 aliphatic carbocycles. The van der Waals surface area contributed by atoms with Crippen LogP contribution < -0.4 is 74.9 Å². The number of amides is 14. The first-order valence-electron chi connectivity index (χ1n) is 45.2. The number of carbonyl (C=O) groups is 24. The number of carboxylic acid groups (broad SMARTS) is 10. The fraction of sp³-hybridized carbons (Fsp3) is 0.506. The minimum atomic E-state index is -2.18. The second-order valence-corrected chi connectivity index (χ2v) is 34.5. The highest BCUT2D eigenvalue weighted by molar-refractivity contribution is 7.98. The summed E-state index contributed by atoms with van der Waals surface area (Å²) in [6, 6.07) is -2.22. The number of phenolic OH excluding ortho intramolecular Hbond substituents is 1. The second-order valence-electron chi connectivity index (χ2n) is 33.5. The number of primary amides is 1. The van der Waals surface area contributed by atoms with E-state index in [-0.39, 0.29) is 88.7 Å². The van der Waals surface area contributed by atoms with Crippen molar-refractivity contribution in [2.45, 2.75) is 189 Å². The number of aromatic amines is 1. The summed E-state index contributed by atoms with van der Waals surface area (Å²) in [4.78, 5) is 327. The molecule has 0 unspecified atom stereocenters. The highest BCUT2D eigenvalue weighted by Gasteiger charge is 2.39. The first-order valence-corrected chi connectivity index (χ1v) is 46.6. The number of para-hydroxylation sites is 1. The molecule has 0 saturated carbocycles. The van der Waals surface area contributed by atoms with Crippen LogP contribution in [0.2, 0.25) is 0 Å². The molecular formula is C89H121N19O35S. The quantitative estimate of drug-likeness (QED) is 0.0195. The van der Waals surface area contributed by atoms with Crippen LogP contribution in [0.4, 0.5) is 0 Å². The smallest absolute Gasteiger partial charge is 0.317 e. The Labute approximate surface area is 825 Å². The summed E-state index contributed by atoms with van der Waals surface area (Å²) in [7, 11) is 0. The third-order valence-corrected chi connectivity index (χ3v) is 22.8. The lowest BCUT2D eigenvalue weighted by atomic mass is 10.0. The van der Waals surface area contributed by atoms with Gasteiger partial charge in [0.25, 0.3) is 0 Å². The minimum absolute atomic E-state index is 0.0132. The van der Waals surface area contributed by atoms with E-state index in [0.717, 1.165) is 6.92 Å². The molecule has 1 saturated heterocycles. The van der Waals surface area contributed by atoms with Crippen molar-refractivity contribution < 1.29 is 171 Å². The Morgan fingerprint density at radius 1 is 0.326 bits per heavy atom. The normalized spacial score (nSPS) is 15.2. The van der Waals surface area contributed by atoms with Crippen molar-refractivity contribution in [2.24, 2.45) is 5.73 Å². The van der Waals surface area contributed by atoms with Gasteiger partial charge in [0.2, 0.25) is 82.7 Å². The number of nitrogens with zero attached hydrogens (tertiary/aromatic N) is 4. The summed E-state index contributed by atoms with van der Waals surface area (Å²) >= 11 is 1.23. The van der Waals surface area contributed by atoms with Gasteiger partial charge in [-0.05, 0) is 98.8 Å². The molecule has 4 aromatic rings. The van der Waals surface area contributed by atoms with Crippen LogP contribution in [0, 0.1) is 0 Å². The van der Waals surface area contributed by atoms with Crippen molar-refractivity contribution in [3.63, 3.8) is 0 Å². The monoisotopic (exact) mass is 2050 g/mol. The number of thioether (sulfide) groups is 1. The Bertz CT molecular complexity index is 5170. The molecule has 5 rings (SSSR count). The van der Waals surface area contributed by atoms with Gasteiger partial charge in [0.05, 0.1) is 39.1 Å². The van der Waals surface area contributed by atoms with Crippen molar-refractivity contribution in [1.82, 2.24) is 93.7 Å². The molecule has 55 heteroatoms. The SMILES string of the molecule is CSCC[C@H](NC(=O)[C@H](Cc1c[nH]c2ccccc12)NC(=O)CNC(=O)[C@H](Cc1ccc(O)cc1)NC(=O)[C@H](C)NC(=O)[C@H](CCC(=O)O)NC(=O)[C@H](CCC(=O)O)NC(=O)[C@H](CCC(=O)O)NC(=O)[C@H](CCC(=O)O)NC(=O)[C@H](CCC(=O)O)NC(=O)[C@H](CCC(=O)O)NC(=O)CN1CCN(CC(=O)O)CCN(CC(=O)O)CCN(CC(=O)O)CC1)C(=O)N[C@@H](CC(=O)O)C(=O)N[C@@H](Cc1ccccc1)C(N)=O. The average Bonchev–Trinajstić information content (AvgIpc) is 1.66. The van der Waals surface area contributed by atoms with Gasteiger partial charge in [-0.2, -0.15) is 11.8 Å². The van der Waals surface area contributed by atoms with Crippen LogP contribution in [0.3, 0.4) is 0 Å². The number of rotatable bonds is 63. The zero-order valence-corrected chi connectivity index (χ0v) is 79.2. The molecule has 27 N–H and O–H groups in total. The largest absolute Gasteiger partial charge is 0.508 e. The average molecular weight is 2050 g/mol. The summed E-state index contributed by atoms with van der Waals surface area (Å²) in [5.74, 6) is -32.4. The van der Waals surface area contributed by atoms with Crippen molar-refractivity contribution in [3.8, 4) is 5.75 Å². The van der Waals surface area contributed by atoms with E-state index in [0.29, 0.717) is 22.0 Å². The lowest BCUT2D eigenvalue weighted by Gasteiger charge is -2.33. The number of aromatic hydroxyl groups is 1. The van der Waals surface area contributed by atoms with E-state index >= 15 is 0 Å². The van der Waals surface area contributed by atoms with Crippen LogP contribution in [-0.4, -0.2) is 393 Å². The summed E-state index contributed by atoms with van der Waals surface area (Å²) in [6.45, 7) is -2.56. The van der Waals surface area contributed by atoms with Crippen molar-refractivity contribution in [2.75, 3.05) is 97.1 Å². The number of hydrogen-bond acceptors (Lipinski definition) is 30. The van der Waals surface area contributed by atoms with Gasteiger partial charge >= 0.3 is 59.7 Å². The lowest BCUT2D eigenvalue weighted by molar-refractivity contribution is -0.141. The number of aromatic nitrogens is 1. The van der Waals surface area contributed by atoms with Gasteiger partial charge in [0.1, 0.15) is 78.3 Å². The Morgan fingerprint density at radius 2 is 0.639 bits per heavy atom. The minimum Gasteiger partial charge on any atom is -0.508 e. The van der Waals surface area contributed by atoms with Crippen LogP contribution in [0.25, 0.3) is 10.9 Å². The van der Waals surface area contributed by atoms with Crippen LogP contribution in [0.1, 0.15) is 114 Å². The van der Waals surface area contributed by atoms with Crippen molar-refractivity contribution in [1.29, 1.82) is 0 Å². The predicted octanol–water partition coefficient (Wildman–Crippen LogP) is -6.77. The van der Waals surface area contributed by atoms with Gasteiger partial charge in [-0.3, -0.25) is 135 Å². The molecule has 0 radical (unpaired) electrons. The third-order valence-electron chi connectivity index (χ3n) is 22.2. The number of carbonyl (C=O) groups excluding carboxylic acids is 14. The number of benzene rings is 3. The Hall–Kier alpha value is -15.5. The van der Waals surface area contributed by atoms with E-state index in [1.54, 1.807) is 60.9 Å². The number of nitrogens with one attached hydrogen (secondary N) is 14. The van der Waals surface area contributed by atoms with E-state index in [4.69, 9.17) is 5.73 Å². The van der Waals surface area contributed by atoms with Gasteiger partial charge in [0.15, 0.2) is 0 Å². The maximum absolute atomic E-state index is 14.7. The van der Waals surface area contributed by atoms with Crippen LogP contribution >= 0.6 is 11.8 Å². The molecule has 1 aliphatic heterocycles. The van der Waals surface area contributed by atoms with Crippen molar-refractivity contribution in [3.05, 3.63) is 102 Å². The van der Waals surface area contributed by atoms with E-state index in [9.17, 15) is 171 Å². The molecular weight excluding hydrogens is 1930 g/mol. The molecule has 12 atom stereocenters. The molecule has 0 spiro atoms. The second kappa shape index (κ2) is 61.2. The van der Waals surface area contributed by atoms with Gasteiger partial charge in [-0.1, -0.05) is 60.7 Å². The molecule has 144 heavy (non-hydrogen) atoms. The van der Waals surface area contributed by atoms with Gasteiger partial charge < -0.3 is 136 Å². The number of H-pyrrole nitrogens is 1. The highest BCUT2D eigenvalue weighted by Crippen LogP contribution is 2.21. The molecule has 1 fully saturated rings. The molecule has 788 valence electrons. The van der Waals surface area contributed by atoms with Gasteiger partial charge in [0, 0.05) is 127 Å². The Balaban J connectivity index is 1.36. The number of hydrogen-bond donors (Lipinski definition) is 26. The number of aliphatic carboxylic acids is 10. The topological polar surface area (TPSA) is 843 Å². The number of nitrogens with two attached hydrogens (primary N) is 1. The number of fused-ring (bicyclic) bond motifs is 1. The Morgan fingerprint density at radius 3 is 1.02 bits per heavy atom. The van der Waals surface area contributed by atoms with E-state index in [2.05, 4.69) is 74.1 Å². The fourth-order valence-corrected chi connectivity index (χ4v) is 15.1. The molecule has 0 bridgehead atoms. The highest BCUT2D eigenvalue weighted by atomic mass is 32.2. The zero-order valence-electron chi connectivity index (χ0n) is 78.4. The molecule has 1 aromatic heterocycles. The molecule has 14 amide bonds. The molecule has 2 heterocycles. The summed E-state index contributed by atoms with van der Waals surface area (Å²) in [6.07, 6.45) is -9.86. The summed E-state index contributed by atoms with van der Waals surface area (Å²) in [5, 5.41) is 138. The van der Waals surface area contributed by atoms with Gasteiger partial charge in [-0.25, -0.2) is 0 Å². The standard InChI is InChI=1S/C89H121N19O35S/c1-48(79(133)103-63(39-50-12-14-52(109)15-13-50)80(134)92-43-66(110)95-64(40-51-42-91-54-11-7-6-10-53(51)54)88(142)101-61(28-37-144-2)87(141)104-65(41-74(124)125)89(143)102-62(78(90)132)38-49-8-4-3-5-9-49)93-81(135)56(17-23-69(114)115)96-83(137)58(19-25-71(118)119)98-85(139)60(21-27-73(122)123)100-86(140)59(20-26-72(120)121)99-84(138)57(18-24-70(116)117)97-82(136)55(16-22-68(112)113)94-67(111)44-105-29-31-106(45-75(126)127)33-35-108(47-77(130)131)36-34-107(32-30-105)46-76(128)129/h3-15,42,48,55-65,91,109H,16-41,43-47H2,1-2H3,(H2,90,132)(H,92,134)(H,93,135)(H,94,111)(H,95,110)(H,96,137)(H,97,136)(H,98,139)(H,99,138)(H,100,140)(H,101,142)(H,102,143)(H,103,133)(H,104,141)(H,112,113)(H,114,115)(H,116,117)(H,118,119)(H,120,121)(H,122,123)(H,124,125)(H,126,127)(H,128,129)(H,130,131)/t48-,55-,56-,57-,58-,59-,60-,61-,62-,63-,64-,65-/m0/s1. The fourth-order valence-electron chi connectivity index (χ4n) is 14.6. The molecule has 1 aliphatic rings. The van der Waals surface area contributed by atoms with E-state index in [1.165, 1.54) is 61.8 Å². The number of phenols is 1. The van der Waals surface area contributed by atoms with Crippen LogP contribution in [0.5, 0.6) is 5.75 Å². The zero-order chi connectivity index (χ0) is 107. The first-order chi connectivity index (χ1) is 68.0. The van der Waals surface area contributed by atoms with E-state index < -0.39 is 338 Å². The Kier molecular flexibility index (Phi) is 50.6. The van der Waals surface area contributed by atoms with Crippen LogP contribution in [-0.2, 0) is 134 Å². The van der Waals surface area contributed by atoms with Gasteiger partial charge in [-0.15, -0.1) is 0 Å². The maximum atomic E-state index is 14.7. The third kappa shape index (κ3) is 45.4. The summed E-state index contributed by atoms with van der Waals surface area (Å²) in [5.41, 5.74) is 7.48. The van der Waals surface area contributed by atoms with Crippen LogP contribution in [0.15, 0.2) is 85.1 Å². The maximum Gasteiger partial charge on any atom is 0.317 e. The van der Waals surface area contributed by atoms with E-state index in [1.807, 2.05) is 0 Å². The number of carboxylic acids is 10. The summed E-state index contributed by atoms with van der Waals surface area (Å²) < 4.78 is 0. The lowest BCUT2D eigenvalue weighted by Crippen LogP contribution is -2.60. The predicted molar refractivity (Wildman–Crippen MR) is 500 cm³/mol. The van der Waals surface area contributed by atoms with Crippen molar-refractivity contribution >= 4 is 165 Å². The molecule has 54 nitrogen and oxygen atoms in total.